The van der Waals surface area contributed by atoms with Gasteiger partial charge in [0.2, 0.25) is 11.7 Å². The molecule has 4 nitrogen and oxygen atoms in total. The van der Waals surface area contributed by atoms with E-state index in [1.807, 2.05) is 48.5 Å². The standard InChI is InChI=1S/C15H12BrN3OS/c16-11-5-3-4-10(8-11)15-18-14(20-19-15)9-21-13-7-2-1-6-12(13)17/h1-8H,9,17H2. The van der Waals surface area contributed by atoms with Gasteiger partial charge in [0.25, 0.3) is 0 Å². The summed E-state index contributed by atoms with van der Waals surface area (Å²) < 4.78 is 6.27. The molecule has 0 spiro atoms. The zero-order valence-corrected chi connectivity index (χ0v) is 13.4. The Hall–Kier alpha value is -1.79. The van der Waals surface area contributed by atoms with E-state index >= 15 is 0 Å². The number of hydrogen-bond donors (Lipinski definition) is 1. The summed E-state index contributed by atoms with van der Waals surface area (Å²) in [6.45, 7) is 0. The second-order valence-electron chi connectivity index (χ2n) is 4.35. The minimum absolute atomic E-state index is 0.582. The summed E-state index contributed by atoms with van der Waals surface area (Å²) in [4.78, 5) is 5.42. The molecule has 0 atom stereocenters. The molecule has 2 aromatic carbocycles. The fourth-order valence-electron chi connectivity index (χ4n) is 1.81. The van der Waals surface area contributed by atoms with E-state index in [0.29, 0.717) is 17.5 Å². The Kier molecular flexibility index (Phi) is 4.26. The van der Waals surface area contributed by atoms with Crippen molar-refractivity contribution in [2.24, 2.45) is 0 Å². The SMILES string of the molecule is Nc1ccccc1SCc1nc(-c2cccc(Br)c2)no1. The fourth-order valence-corrected chi connectivity index (χ4v) is 3.01. The Morgan fingerprint density at radius 3 is 2.81 bits per heavy atom. The summed E-state index contributed by atoms with van der Waals surface area (Å²) in [7, 11) is 0. The second-order valence-corrected chi connectivity index (χ2v) is 6.28. The van der Waals surface area contributed by atoms with Gasteiger partial charge in [0, 0.05) is 20.6 Å². The average Bonchev–Trinajstić information content (AvgIpc) is 2.95. The molecule has 3 rings (SSSR count). The second kappa shape index (κ2) is 6.32. The van der Waals surface area contributed by atoms with Gasteiger partial charge in [-0.3, -0.25) is 0 Å². The first-order chi connectivity index (χ1) is 10.2. The lowest BCUT2D eigenvalue weighted by molar-refractivity contribution is 0.391. The van der Waals surface area contributed by atoms with E-state index in [-0.39, 0.29) is 0 Å². The van der Waals surface area contributed by atoms with Crippen LogP contribution in [0.1, 0.15) is 5.89 Å². The number of nitrogens with zero attached hydrogens (tertiary/aromatic N) is 2. The molecule has 0 unspecified atom stereocenters. The number of aromatic nitrogens is 2. The molecule has 6 heteroatoms. The van der Waals surface area contributed by atoms with Crippen LogP contribution in [0.5, 0.6) is 0 Å². The number of anilines is 1. The summed E-state index contributed by atoms with van der Waals surface area (Å²) in [5, 5.41) is 4.01. The van der Waals surface area contributed by atoms with Crippen molar-refractivity contribution >= 4 is 33.4 Å². The van der Waals surface area contributed by atoms with Crippen molar-refractivity contribution in [2.45, 2.75) is 10.6 Å². The van der Waals surface area contributed by atoms with Gasteiger partial charge in [-0.15, -0.1) is 11.8 Å². The molecular formula is C15H12BrN3OS. The molecule has 0 aliphatic carbocycles. The topological polar surface area (TPSA) is 64.9 Å². The lowest BCUT2D eigenvalue weighted by Gasteiger charge is -2.01. The minimum Gasteiger partial charge on any atom is -0.398 e. The van der Waals surface area contributed by atoms with E-state index in [1.165, 1.54) is 0 Å². The van der Waals surface area contributed by atoms with Crippen LogP contribution in [0, 0.1) is 0 Å². The first kappa shape index (κ1) is 14.2. The van der Waals surface area contributed by atoms with Crippen LogP contribution in [0.15, 0.2) is 62.4 Å². The van der Waals surface area contributed by atoms with Gasteiger partial charge in [-0.1, -0.05) is 45.4 Å². The van der Waals surface area contributed by atoms with Crippen molar-refractivity contribution in [2.75, 3.05) is 5.73 Å². The van der Waals surface area contributed by atoms with Crippen LogP contribution in [-0.4, -0.2) is 10.1 Å². The third-order valence-corrected chi connectivity index (χ3v) is 4.39. The van der Waals surface area contributed by atoms with Gasteiger partial charge < -0.3 is 10.3 Å². The highest BCUT2D eigenvalue weighted by molar-refractivity contribution is 9.10. The van der Waals surface area contributed by atoms with Crippen LogP contribution in [-0.2, 0) is 5.75 Å². The Morgan fingerprint density at radius 1 is 1.14 bits per heavy atom. The smallest absolute Gasteiger partial charge is 0.237 e. The molecule has 3 aromatic rings. The quantitative estimate of drug-likeness (QED) is 0.551. The number of hydrogen-bond acceptors (Lipinski definition) is 5. The summed E-state index contributed by atoms with van der Waals surface area (Å²) in [6.07, 6.45) is 0. The van der Waals surface area contributed by atoms with Crippen LogP contribution in [0.2, 0.25) is 0 Å². The Morgan fingerprint density at radius 2 is 2.00 bits per heavy atom. The third kappa shape index (κ3) is 3.46. The first-order valence-electron chi connectivity index (χ1n) is 6.28. The van der Waals surface area contributed by atoms with Gasteiger partial charge in [0.15, 0.2) is 0 Å². The van der Waals surface area contributed by atoms with Crippen molar-refractivity contribution in [3.8, 4) is 11.4 Å². The number of halogens is 1. The molecule has 0 amide bonds. The van der Waals surface area contributed by atoms with E-state index in [2.05, 4.69) is 26.1 Å². The summed E-state index contributed by atoms with van der Waals surface area (Å²) in [5.74, 6) is 1.76. The number of nitrogens with two attached hydrogens (primary N) is 1. The summed E-state index contributed by atoms with van der Waals surface area (Å²) in [6, 6.07) is 15.5. The Labute approximate surface area is 134 Å². The van der Waals surface area contributed by atoms with E-state index < -0.39 is 0 Å². The zero-order valence-electron chi connectivity index (χ0n) is 11.0. The predicted octanol–water partition coefficient (Wildman–Crippen LogP) is 4.37. The van der Waals surface area contributed by atoms with Gasteiger partial charge in [-0.2, -0.15) is 4.98 Å². The third-order valence-electron chi connectivity index (χ3n) is 2.82. The molecule has 1 aromatic heterocycles. The maximum Gasteiger partial charge on any atom is 0.237 e. The Bertz CT molecular complexity index is 760. The van der Waals surface area contributed by atoms with Crippen LogP contribution in [0.25, 0.3) is 11.4 Å². The normalized spacial score (nSPS) is 10.7. The van der Waals surface area contributed by atoms with Crippen LogP contribution < -0.4 is 5.73 Å². The van der Waals surface area contributed by atoms with Crippen LogP contribution >= 0.6 is 27.7 Å². The lowest BCUT2D eigenvalue weighted by atomic mass is 10.2. The lowest BCUT2D eigenvalue weighted by Crippen LogP contribution is -1.88. The largest absolute Gasteiger partial charge is 0.398 e. The highest BCUT2D eigenvalue weighted by atomic mass is 79.9. The highest BCUT2D eigenvalue weighted by Crippen LogP contribution is 2.28. The Balaban J connectivity index is 1.72. The molecule has 0 saturated heterocycles. The number of benzene rings is 2. The van der Waals surface area contributed by atoms with Crippen molar-refractivity contribution < 1.29 is 4.52 Å². The van der Waals surface area contributed by atoms with E-state index in [0.717, 1.165) is 20.6 Å². The molecule has 106 valence electrons. The molecule has 0 bridgehead atoms. The van der Waals surface area contributed by atoms with E-state index in [1.54, 1.807) is 11.8 Å². The summed E-state index contributed by atoms with van der Waals surface area (Å²) in [5.41, 5.74) is 7.58. The zero-order chi connectivity index (χ0) is 14.7. The predicted molar refractivity (Wildman–Crippen MR) is 87.8 cm³/mol. The van der Waals surface area contributed by atoms with Crippen molar-refractivity contribution in [1.82, 2.24) is 10.1 Å². The minimum atomic E-state index is 0.582. The van der Waals surface area contributed by atoms with Gasteiger partial charge in [-0.25, -0.2) is 0 Å². The number of para-hydroxylation sites is 1. The highest BCUT2D eigenvalue weighted by Gasteiger charge is 2.10. The summed E-state index contributed by atoms with van der Waals surface area (Å²) >= 11 is 5.01. The van der Waals surface area contributed by atoms with Crippen LogP contribution in [0.4, 0.5) is 5.69 Å². The molecule has 0 fully saturated rings. The van der Waals surface area contributed by atoms with E-state index in [9.17, 15) is 0 Å². The van der Waals surface area contributed by atoms with Gasteiger partial charge in [0.1, 0.15) is 0 Å². The van der Waals surface area contributed by atoms with Gasteiger partial charge >= 0.3 is 0 Å². The molecule has 1 heterocycles. The molecule has 2 N–H and O–H groups in total. The molecule has 21 heavy (non-hydrogen) atoms. The van der Waals surface area contributed by atoms with Crippen molar-refractivity contribution in [3.63, 3.8) is 0 Å². The van der Waals surface area contributed by atoms with Gasteiger partial charge in [0.05, 0.1) is 5.75 Å². The molecule has 0 saturated carbocycles. The monoisotopic (exact) mass is 361 g/mol. The molecule has 0 radical (unpaired) electrons. The van der Waals surface area contributed by atoms with Crippen LogP contribution in [0.3, 0.4) is 0 Å². The van der Waals surface area contributed by atoms with Crippen molar-refractivity contribution in [1.29, 1.82) is 0 Å². The number of rotatable bonds is 4. The maximum absolute atomic E-state index is 5.90. The fraction of sp³-hybridized carbons (Fsp3) is 0.0667. The van der Waals surface area contributed by atoms with E-state index in [4.69, 9.17) is 10.3 Å². The molecule has 0 aliphatic rings. The molecular weight excluding hydrogens is 350 g/mol. The number of thioether (sulfide) groups is 1. The van der Waals surface area contributed by atoms with Gasteiger partial charge in [-0.05, 0) is 24.3 Å². The number of nitrogen functional groups attached to an aromatic ring is 1. The molecule has 0 aliphatic heterocycles. The average molecular weight is 362 g/mol. The first-order valence-corrected chi connectivity index (χ1v) is 8.06. The van der Waals surface area contributed by atoms with Crippen molar-refractivity contribution in [3.05, 3.63) is 58.9 Å². The maximum atomic E-state index is 5.90.